The molecule has 0 aromatic heterocycles. The average molecular weight is 333 g/mol. The van der Waals surface area contributed by atoms with Crippen LogP contribution in [-0.2, 0) is 4.74 Å². The highest BCUT2D eigenvalue weighted by Crippen LogP contribution is 2.31. The third kappa shape index (κ3) is 4.20. The second kappa shape index (κ2) is 7.88. The number of hydrogen-bond donors (Lipinski definition) is 0. The summed E-state index contributed by atoms with van der Waals surface area (Å²) in [6.07, 6.45) is 1.89. The van der Waals surface area contributed by atoms with Crippen molar-refractivity contribution in [3.05, 3.63) is 23.8 Å². The molecule has 0 N–H and O–H groups in total. The number of carbonyl (C=O) groups is 1. The van der Waals surface area contributed by atoms with Crippen molar-refractivity contribution in [2.75, 3.05) is 39.5 Å². The van der Waals surface area contributed by atoms with Gasteiger partial charge in [-0.3, -0.25) is 4.79 Å². The van der Waals surface area contributed by atoms with Gasteiger partial charge in [-0.2, -0.15) is 0 Å². The zero-order valence-electron chi connectivity index (χ0n) is 14.6. The van der Waals surface area contributed by atoms with Crippen LogP contribution in [0.25, 0.3) is 0 Å². The molecule has 2 heterocycles. The lowest BCUT2D eigenvalue weighted by Crippen LogP contribution is -2.38. The largest absolute Gasteiger partial charge is 0.490 e. The number of rotatable bonds is 5. The molecule has 2 aliphatic rings. The highest BCUT2D eigenvalue weighted by molar-refractivity contribution is 5.95. The number of ether oxygens (including phenoxy) is 3. The van der Waals surface area contributed by atoms with Crippen molar-refractivity contribution in [3.63, 3.8) is 0 Å². The van der Waals surface area contributed by atoms with Crippen molar-refractivity contribution in [3.8, 4) is 11.5 Å². The molecule has 1 aromatic carbocycles. The van der Waals surface area contributed by atoms with Crippen LogP contribution in [0, 0.1) is 11.8 Å². The number of amides is 1. The quantitative estimate of drug-likeness (QED) is 0.831. The topological polar surface area (TPSA) is 48.0 Å². The Bertz CT molecular complexity index is 566. The predicted molar refractivity (Wildman–Crippen MR) is 91.7 cm³/mol. The van der Waals surface area contributed by atoms with Gasteiger partial charge in [0, 0.05) is 37.6 Å². The lowest BCUT2D eigenvalue weighted by atomic mass is 10.1. The summed E-state index contributed by atoms with van der Waals surface area (Å²) in [5.41, 5.74) is 0.666. The van der Waals surface area contributed by atoms with E-state index in [9.17, 15) is 4.79 Å². The van der Waals surface area contributed by atoms with Gasteiger partial charge < -0.3 is 19.1 Å². The average Bonchev–Trinajstić information content (AvgIpc) is 2.95. The Morgan fingerprint density at radius 1 is 1.21 bits per heavy atom. The zero-order valence-corrected chi connectivity index (χ0v) is 14.6. The van der Waals surface area contributed by atoms with Gasteiger partial charge in [-0.05, 0) is 30.5 Å². The van der Waals surface area contributed by atoms with Crippen molar-refractivity contribution < 1.29 is 19.0 Å². The van der Waals surface area contributed by atoms with Crippen molar-refractivity contribution in [1.29, 1.82) is 0 Å². The van der Waals surface area contributed by atoms with E-state index in [1.165, 1.54) is 0 Å². The maximum atomic E-state index is 13.0. The molecule has 0 aliphatic carbocycles. The van der Waals surface area contributed by atoms with Crippen LogP contribution in [0.1, 0.15) is 37.0 Å². The van der Waals surface area contributed by atoms with Gasteiger partial charge in [0.2, 0.25) is 0 Å². The highest BCUT2D eigenvalue weighted by Gasteiger charge is 2.25. The van der Waals surface area contributed by atoms with Crippen LogP contribution in [-0.4, -0.2) is 50.3 Å². The summed E-state index contributed by atoms with van der Waals surface area (Å²) in [7, 11) is 0. The molecule has 0 radical (unpaired) electrons. The van der Waals surface area contributed by atoms with E-state index in [4.69, 9.17) is 14.2 Å². The van der Waals surface area contributed by atoms with E-state index in [0.29, 0.717) is 36.4 Å². The molecule has 1 fully saturated rings. The van der Waals surface area contributed by atoms with Gasteiger partial charge in [0.05, 0.1) is 19.8 Å². The standard InChI is InChI=1S/C19H27NO4/c1-14(2)11-20(12-15-6-9-22-13-15)19(21)16-4-5-17-18(10-16)24-8-3-7-23-17/h4-5,10,14-15H,3,6-9,11-13H2,1-2H3/t15-/m1/s1. The summed E-state index contributed by atoms with van der Waals surface area (Å²) in [4.78, 5) is 15.0. The molecule has 1 saturated heterocycles. The first-order valence-corrected chi connectivity index (χ1v) is 8.90. The van der Waals surface area contributed by atoms with Crippen LogP contribution in [0.2, 0.25) is 0 Å². The van der Waals surface area contributed by atoms with Gasteiger partial charge >= 0.3 is 0 Å². The normalized spacial score (nSPS) is 20.0. The van der Waals surface area contributed by atoms with E-state index in [1.807, 2.05) is 23.1 Å². The molecule has 1 amide bonds. The molecule has 0 bridgehead atoms. The summed E-state index contributed by atoms with van der Waals surface area (Å²) in [6, 6.07) is 5.51. The minimum Gasteiger partial charge on any atom is -0.490 e. The lowest BCUT2D eigenvalue weighted by molar-refractivity contribution is 0.0698. The monoisotopic (exact) mass is 333 g/mol. The summed E-state index contributed by atoms with van der Waals surface area (Å²) < 4.78 is 16.8. The zero-order chi connectivity index (χ0) is 16.9. The van der Waals surface area contributed by atoms with E-state index in [2.05, 4.69) is 13.8 Å². The number of carbonyl (C=O) groups excluding carboxylic acids is 1. The number of hydrogen-bond acceptors (Lipinski definition) is 4. The number of nitrogens with zero attached hydrogens (tertiary/aromatic N) is 1. The minimum absolute atomic E-state index is 0.0613. The summed E-state index contributed by atoms with van der Waals surface area (Å²) >= 11 is 0. The maximum absolute atomic E-state index is 13.0. The molecule has 5 nitrogen and oxygen atoms in total. The second-order valence-electron chi connectivity index (χ2n) is 7.05. The van der Waals surface area contributed by atoms with Gasteiger partial charge in [-0.1, -0.05) is 13.8 Å². The third-order valence-electron chi connectivity index (χ3n) is 4.37. The maximum Gasteiger partial charge on any atom is 0.254 e. The Hall–Kier alpha value is -1.75. The van der Waals surface area contributed by atoms with Gasteiger partial charge in [0.1, 0.15) is 0 Å². The van der Waals surface area contributed by atoms with Gasteiger partial charge in [-0.25, -0.2) is 0 Å². The fourth-order valence-corrected chi connectivity index (χ4v) is 3.20. The van der Waals surface area contributed by atoms with Crippen LogP contribution in [0.5, 0.6) is 11.5 Å². The molecular weight excluding hydrogens is 306 g/mol. The van der Waals surface area contributed by atoms with Crippen LogP contribution >= 0.6 is 0 Å². The SMILES string of the molecule is CC(C)CN(C[C@H]1CCOC1)C(=O)c1ccc2c(c1)OCCCO2. The van der Waals surface area contributed by atoms with Crippen molar-refractivity contribution in [2.24, 2.45) is 11.8 Å². The van der Waals surface area contributed by atoms with Crippen LogP contribution in [0.4, 0.5) is 0 Å². The summed E-state index contributed by atoms with van der Waals surface area (Å²) in [5, 5.41) is 0. The molecule has 5 heteroatoms. The van der Waals surface area contributed by atoms with E-state index >= 15 is 0 Å². The van der Waals surface area contributed by atoms with E-state index < -0.39 is 0 Å². The second-order valence-corrected chi connectivity index (χ2v) is 7.05. The first kappa shape index (κ1) is 17.1. The highest BCUT2D eigenvalue weighted by atomic mass is 16.5. The molecule has 0 saturated carbocycles. The number of benzene rings is 1. The Morgan fingerprint density at radius 2 is 2.00 bits per heavy atom. The fourth-order valence-electron chi connectivity index (χ4n) is 3.20. The van der Waals surface area contributed by atoms with Crippen molar-refractivity contribution in [2.45, 2.75) is 26.7 Å². The van der Waals surface area contributed by atoms with Crippen LogP contribution in [0.3, 0.4) is 0 Å². The first-order valence-electron chi connectivity index (χ1n) is 8.90. The van der Waals surface area contributed by atoms with Crippen molar-refractivity contribution >= 4 is 5.91 Å². The Kier molecular flexibility index (Phi) is 5.61. The van der Waals surface area contributed by atoms with Gasteiger partial charge in [0.25, 0.3) is 5.91 Å². The van der Waals surface area contributed by atoms with Gasteiger partial charge in [-0.15, -0.1) is 0 Å². The minimum atomic E-state index is 0.0613. The molecule has 3 rings (SSSR count). The molecule has 2 aliphatic heterocycles. The van der Waals surface area contributed by atoms with E-state index in [-0.39, 0.29) is 5.91 Å². The number of fused-ring (bicyclic) bond motifs is 1. The molecular formula is C19H27NO4. The molecule has 1 atom stereocenters. The van der Waals surface area contributed by atoms with Gasteiger partial charge in [0.15, 0.2) is 11.5 Å². The third-order valence-corrected chi connectivity index (χ3v) is 4.37. The first-order chi connectivity index (χ1) is 11.6. The molecule has 0 unspecified atom stereocenters. The van der Waals surface area contributed by atoms with Crippen LogP contribution in [0.15, 0.2) is 18.2 Å². The molecule has 24 heavy (non-hydrogen) atoms. The lowest BCUT2D eigenvalue weighted by Gasteiger charge is -2.27. The molecule has 1 aromatic rings. The predicted octanol–water partition coefficient (Wildman–Crippen LogP) is 2.98. The fraction of sp³-hybridized carbons (Fsp3) is 0.632. The molecule has 0 spiro atoms. The summed E-state index contributed by atoms with van der Waals surface area (Å²) in [6.45, 7) is 8.62. The van der Waals surface area contributed by atoms with Crippen molar-refractivity contribution in [1.82, 2.24) is 4.90 Å². The van der Waals surface area contributed by atoms with Crippen LogP contribution < -0.4 is 9.47 Å². The summed E-state index contributed by atoms with van der Waals surface area (Å²) in [5.74, 6) is 2.33. The Balaban J connectivity index is 1.76. The smallest absolute Gasteiger partial charge is 0.254 e. The Labute approximate surface area is 143 Å². The van der Waals surface area contributed by atoms with E-state index in [0.717, 1.165) is 44.9 Å². The molecule has 132 valence electrons. The van der Waals surface area contributed by atoms with E-state index in [1.54, 1.807) is 0 Å². The Morgan fingerprint density at radius 3 is 2.71 bits per heavy atom.